The van der Waals surface area contributed by atoms with E-state index in [0.29, 0.717) is 29.6 Å². The largest absolute Gasteiger partial charge is 0.494 e. The smallest absolute Gasteiger partial charge is 0.329 e. The molecule has 6 nitrogen and oxygen atoms in total. The first kappa shape index (κ1) is 15.8. The zero-order valence-electron chi connectivity index (χ0n) is 12.4. The number of hydrogen-bond acceptors (Lipinski definition) is 6. The van der Waals surface area contributed by atoms with Gasteiger partial charge in [0, 0.05) is 11.1 Å². The number of ether oxygens (including phenoxy) is 1. The molecule has 3 N–H and O–H groups in total. The summed E-state index contributed by atoms with van der Waals surface area (Å²) >= 11 is 1.43. The van der Waals surface area contributed by atoms with Gasteiger partial charge in [-0.2, -0.15) is 0 Å². The lowest BCUT2D eigenvalue weighted by Gasteiger charge is -2.07. The number of pyridine rings is 1. The van der Waals surface area contributed by atoms with Crippen molar-refractivity contribution in [2.24, 2.45) is 10.7 Å². The lowest BCUT2D eigenvalue weighted by molar-refractivity contribution is -0.137. The minimum atomic E-state index is -0.896. The highest BCUT2D eigenvalue weighted by molar-refractivity contribution is 8.14. The van der Waals surface area contributed by atoms with Crippen molar-refractivity contribution in [3.8, 4) is 5.75 Å². The molecule has 0 aliphatic carbocycles. The molecule has 23 heavy (non-hydrogen) atoms. The molecule has 7 heteroatoms. The summed E-state index contributed by atoms with van der Waals surface area (Å²) in [5.41, 5.74) is 6.99. The number of rotatable bonds is 6. The fraction of sp³-hybridized carbons (Fsp3) is 0.312. The van der Waals surface area contributed by atoms with Gasteiger partial charge in [-0.05, 0) is 37.2 Å². The van der Waals surface area contributed by atoms with Crippen molar-refractivity contribution >= 4 is 33.7 Å². The third kappa shape index (κ3) is 3.62. The normalized spacial score (nSPS) is 17.3. The summed E-state index contributed by atoms with van der Waals surface area (Å²) in [5, 5.41) is 10.7. The summed E-state index contributed by atoms with van der Waals surface area (Å²) in [6.45, 7) is 1.20. The molecule has 1 aromatic carbocycles. The molecule has 0 saturated heterocycles. The highest BCUT2D eigenvalue weighted by atomic mass is 32.2. The number of fused-ring (bicyclic) bond motifs is 1. The van der Waals surface area contributed by atoms with Gasteiger partial charge in [0.05, 0.1) is 17.8 Å². The minimum Gasteiger partial charge on any atom is -0.494 e. The van der Waals surface area contributed by atoms with E-state index in [1.54, 1.807) is 0 Å². The van der Waals surface area contributed by atoms with Crippen molar-refractivity contribution in [1.82, 2.24) is 4.98 Å². The van der Waals surface area contributed by atoms with Crippen LogP contribution in [0.25, 0.3) is 10.9 Å². The zero-order valence-corrected chi connectivity index (χ0v) is 13.3. The molecule has 1 aromatic heterocycles. The third-order valence-electron chi connectivity index (χ3n) is 3.43. The van der Waals surface area contributed by atoms with Crippen LogP contribution in [0.4, 0.5) is 0 Å². The van der Waals surface area contributed by atoms with Crippen molar-refractivity contribution in [2.75, 3.05) is 18.9 Å². The topological polar surface area (TPSA) is 97.8 Å². The number of benzene rings is 1. The Labute approximate surface area is 137 Å². The molecule has 0 bridgehead atoms. The summed E-state index contributed by atoms with van der Waals surface area (Å²) in [4.78, 5) is 19.8. The van der Waals surface area contributed by atoms with Gasteiger partial charge in [0.15, 0.2) is 6.04 Å². The van der Waals surface area contributed by atoms with E-state index in [4.69, 9.17) is 15.6 Å². The number of aromatic nitrogens is 1. The van der Waals surface area contributed by atoms with E-state index in [1.807, 2.05) is 30.3 Å². The van der Waals surface area contributed by atoms with Crippen LogP contribution in [-0.2, 0) is 4.79 Å². The van der Waals surface area contributed by atoms with Crippen molar-refractivity contribution in [3.63, 3.8) is 0 Å². The van der Waals surface area contributed by atoms with Crippen LogP contribution < -0.4 is 10.5 Å². The van der Waals surface area contributed by atoms with Crippen molar-refractivity contribution < 1.29 is 14.6 Å². The highest BCUT2D eigenvalue weighted by Crippen LogP contribution is 2.25. The fourth-order valence-electron chi connectivity index (χ4n) is 2.23. The summed E-state index contributed by atoms with van der Waals surface area (Å²) in [6, 6.07) is 8.84. The highest BCUT2D eigenvalue weighted by Gasteiger charge is 2.25. The number of thioether (sulfide) groups is 1. The molecule has 0 fully saturated rings. The summed E-state index contributed by atoms with van der Waals surface area (Å²) in [7, 11) is 0. The Bertz CT molecular complexity index is 763. The first-order valence-electron chi connectivity index (χ1n) is 7.35. The second kappa shape index (κ2) is 6.97. The average molecular weight is 331 g/mol. The van der Waals surface area contributed by atoms with Crippen LogP contribution in [0.5, 0.6) is 5.75 Å². The molecule has 1 aliphatic rings. The third-order valence-corrected chi connectivity index (χ3v) is 4.50. The van der Waals surface area contributed by atoms with E-state index in [1.165, 1.54) is 11.8 Å². The second-order valence-corrected chi connectivity index (χ2v) is 6.15. The summed E-state index contributed by atoms with van der Waals surface area (Å²) in [5.74, 6) is 0.352. The minimum absolute atomic E-state index is 0.457. The number of carboxylic acid groups (broad SMARTS) is 1. The number of carbonyl (C=O) groups is 1. The SMILES string of the molecule is NCCCOc1ccc2nc(C3=NC(C(=O)O)CS3)ccc2c1. The second-order valence-electron chi connectivity index (χ2n) is 5.14. The first-order chi connectivity index (χ1) is 11.2. The van der Waals surface area contributed by atoms with Crippen molar-refractivity contribution in [3.05, 3.63) is 36.0 Å². The van der Waals surface area contributed by atoms with Gasteiger partial charge in [-0.25, -0.2) is 9.78 Å². The molecule has 0 spiro atoms. The zero-order chi connectivity index (χ0) is 16.2. The maximum atomic E-state index is 11.0. The van der Waals surface area contributed by atoms with Gasteiger partial charge in [-0.15, -0.1) is 11.8 Å². The number of nitrogens with zero attached hydrogens (tertiary/aromatic N) is 2. The molecular weight excluding hydrogens is 314 g/mol. The van der Waals surface area contributed by atoms with Crippen LogP contribution in [0.1, 0.15) is 12.1 Å². The molecule has 0 radical (unpaired) electrons. The van der Waals surface area contributed by atoms with Gasteiger partial charge >= 0.3 is 5.97 Å². The predicted molar refractivity (Wildman–Crippen MR) is 91.3 cm³/mol. The van der Waals surface area contributed by atoms with Gasteiger partial charge in [-0.1, -0.05) is 6.07 Å². The van der Waals surface area contributed by atoms with Gasteiger partial charge in [0.2, 0.25) is 0 Å². The average Bonchev–Trinajstić information content (AvgIpc) is 3.05. The fourth-order valence-corrected chi connectivity index (χ4v) is 3.22. The van der Waals surface area contributed by atoms with Gasteiger partial charge < -0.3 is 15.6 Å². The molecule has 1 atom stereocenters. The van der Waals surface area contributed by atoms with E-state index in [0.717, 1.165) is 23.1 Å². The van der Waals surface area contributed by atoms with Gasteiger partial charge in [0.25, 0.3) is 0 Å². The lowest BCUT2D eigenvalue weighted by atomic mass is 10.2. The van der Waals surface area contributed by atoms with Crippen LogP contribution in [0.15, 0.2) is 35.3 Å². The van der Waals surface area contributed by atoms with E-state index in [9.17, 15) is 4.79 Å². The summed E-state index contributed by atoms with van der Waals surface area (Å²) in [6.07, 6.45) is 0.816. The number of hydrogen-bond donors (Lipinski definition) is 2. The Morgan fingerprint density at radius 3 is 3.00 bits per heavy atom. The Morgan fingerprint density at radius 1 is 1.39 bits per heavy atom. The van der Waals surface area contributed by atoms with Crippen LogP contribution in [0, 0.1) is 0 Å². The molecule has 2 heterocycles. The van der Waals surface area contributed by atoms with E-state index in [-0.39, 0.29) is 0 Å². The van der Waals surface area contributed by atoms with E-state index in [2.05, 4.69) is 9.98 Å². The molecule has 1 aliphatic heterocycles. The maximum Gasteiger partial charge on any atom is 0.329 e. The molecule has 1 unspecified atom stereocenters. The van der Waals surface area contributed by atoms with Gasteiger partial charge in [0.1, 0.15) is 10.8 Å². The molecule has 3 rings (SSSR count). The summed E-state index contributed by atoms with van der Waals surface area (Å²) < 4.78 is 5.62. The van der Waals surface area contributed by atoms with Gasteiger partial charge in [-0.3, -0.25) is 4.99 Å². The van der Waals surface area contributed by atoms with Crippen molar-refractivity contribution in [2.45, 2.75) is 12.5 Å². The number of aliphatic carboxylic acids is 1. The van der Waals surface area contributed by atoms with Crippen molar-refractivity contribution in [1.29, 1.82) is 0 Å². The molecule has 2 aromatic rings. The first-order valence-corrected chi connectivity index (χ1v) is 8.33. The van der Waals surface area contributed by atoms with E-state index >= 15 is 0 Å². The monoisotopic (exact) mass is 331 g/mol. The number of carboxylic acids is 1. The quantitative estimate of drug-likeness (QED) is 0.785. The maximum absolute atomic E-state index is 11.0. The Hall–Kier alpha value is -2.12. The molecule has 0 saturated carbocycles. The number of nitrogens with two attached hydrogens (primary N) is 1. The Morgan fingerprint density at radius 2 is 2.26 bits per heavy atom. The number of aliphatic imine (C=N–C) groups is 1. The van der Waals surface area contributed by atoms with E-state index < -0.39 is 12.0 Å². The van der Waals surface area contributed by atoms with Crippen LogP contribution in [0.3, 0.4) is 0 Å². The molecular formula is C16H17N3O3S. The lowest BCUT2D eigenvalue weighted by Crippen LogP contribution is -2.17. The molecule has 0 amide bonds. The van der Waals surface area contributed by atoms with Crippen LogP contribution >= 0.6 is 11.8 Å². The van der Waals surface area contributed by atoms with Crippen LogP contribution in [0.2, 0.25) is 0 Å². The standard InChI is InChI=1S/C16H17N3O3S/c17-6-1-7-22-11-3-5-12-10(8-11)2-4-13(18-12)15-19-14(9-23-15)16(20)21/h2-5,8,14H,1,6-7,9,17H2,(H,20,21). The Kier molecular flexibility index (Phi) is 4.78. The molecule has 120 valence electrons. The Balaban J connectivity index is 1.81. The van der Waals surface area contributed by atoms with Crippen LogP contribution in [-0.4, -0.2) is 46.0 Å². The predicted octanol–water partition coefficient (Wildman–Crippen LogP) is 1.91.